The summed E-state index contributed by atoms with van der Waals surface area (Å²) in [5.41, 5.74) is 7.20. The maximum Gasteiger partial charge on any atom is 0.128 e. The number of likely N-dealkylation sites (tertiary alicyclic amines) is 1. The maximum atomic E-state index is 10.6. The summed E-state index contributed by atoms with van der Waals surface area (Å²) >= 11 is 0. The Morgan fingerprint density at radius 1 is 1.24 bits per heavy atom. The number of piperidine rings is 1. The lowest BCUT2D eigenvalue weighted by atomic mass is 9.91. The molecular weight excluding hydrogens is 260 g/mol. The molecule has 0 saturated carbocycles. The average molecular weight is 284 g/mol. The van der Waals surface area contributed by atoms with E-state index in [0.29, 0.717) is 11.7 Å². The van der Waals surface area contributed by atoms with Gasteiger partial charge in [0.25, 0.3) is 0 Å². The highest BCUT2D eigenvalue weighted by Gasteiger charge is 2.28. The van der Waals surface area contributed by atoms with E-state index in [2.05, 4.69) is 24.8 Å². The van der Waals surface area contributed by atoms with Gasteiger partial charge in [-0.3, -0.25) is 4.90 Å². The third-order valence-corrected chi connectivity index (χ3v) is 4.98. The number of fused-ring (bicyclic) bond motifs is 1. The second-order valence-corrected chi connectivity index (χ2v) is 6.33. The van der Waals surface area contributed by atoms with E-state index < -0.39 is 0 Å². The number of benzene rings is 2. The highest BCUT2D eigenvalue weighted by molar-refractivity contribution is 5.89. The number of nitrogens with two attached hydrogens (primary N) is 1. The number of hydrogen-bond donors (Lipinski definition) is 2. The molecule has 112 valence electrons. The Morgan fingerprint density at radius 3 is 2.76 bits per heavy atom. The smallest absolute Gasteiger partial charge is 0.128 e. The van der Waals surface area contributed by atoms with Crippen LogP contribution in [-0.4, -0.2) is 29.1 Å². The van der Waals surface area contributed by atoms with Gasteiger partial charge in [-0.1, -0.05) is 43.3 Å². The van der Waals surface area contributed by atoms with E-state index in [9.17, 15) is 5.11 Å². The summed E-state index contributed by atoms with van der Waals surface area (Å²) in [6.07, 6.45) is 1.12. The molecular formula is C18H24N2O. The molecule has 1 aliphatic rings. The van der Waals surface area contributed by atoms with Crippen molar-refractivity contribution < 1.29 is 5.11 Å². The van der Waals surface area contributed by atoms with Gasteiger partial charge in [0.1, 0.15) is 5.75 Å². The Balaban J connectivity index is 1.91. The average Bonchev–Trinajstić information content (AvgIpc) is 2.50. The van der Waals surface area contributed by atoms with E-state index in [0.717, 1.165) is 35.8 Å². The number of phenolic OH excluding ortho intramolecular Hbond substituents is 1. The molecule has 3 nitrogen and oxygen atoms in total. The van der Waals surface area contributed by atoms with Crippen LogP contribution in [0.1, 0.15) is 31.9 Å². The zero-order chi connectivity index (χ0) is 15.0. The predicted octanol–water partition coefficient (Wildman–Crippen LogP) is 3.28. The van der Waals surface area contributed by atoms with Gasteiger partial charge in [-0.2, -0.15) is 0 Å². The van der Waals surface area contributed by atoms with Gasteiger partial charge in [0, 0.05) is 29.6 Å². The molecule has 3 N–H and O–H groups in total. The topological polar surface area (TPSA) is 49.5 Å². The monoisotopic (exact) mass is 284 g/mol. The molecule has 0 bridgehead atoms. The highest BCUT2D eigenvalue weighted by atomic mass is 16.3. The van der Waals surface area contributed by atoms with Crippen LogP contribution >= 0.6 is 0 Å². The quantitative estimate of drug-likeness (QED) is 0.890. The van der Waals surface area contributed by atoms with E-state index in [-0.39, 0.29) is 12.1 Å². The lowest BCUT2D eigenvalue weighted by Gasteiger charge is -2.39. The first-order valence-corrected chi connectivity index (χ1v) is 7.78. The van der Waals surface area contributed by atoms with Gasteiger partial charge in [-0.05, 0) is 31.2 Å². The highest BCUT2D eigenvalue weighted by Crippen LogP contribution is 2.36. The number of aromatic hydroxyl groups is 1. The molecule has 3 rings (SSSR count). The largest absolute Gasteiger partial charge is 0.507 e. The lowest BCUT2D eigenvalue weighted by Crippen LogP contribution is -2.48. The second kappa shape index (κ2) is 5.66. The van der Waals surface area contributed by atoms with Crippen molar-refractivity contribution >= 4 is 10.8 Å². The third-order valence-electron chi connectivity index (χ3n) is 4.98. The lowest BCUT2D eigenvalue weighted by molar-refractivity contribution is 0.127. The minimum Gasteiger partial charge on any atom is -0.507 e. The number of hydrogen-bond acceptors (Lipinski definition) is 3. The van der Waals surface area contributed by atoms with Crippen molar-refractivity contribution in [1.29, 1.82) is 0 Å². The molecule has 2 aromatic carbocycles. The van der Waals surface area contributed by atoms with Gasteiger partial charge in [-0.25, -0.2) is 0 Å². The van der Waals surface area contributed by atoms with Crippen molar-refractivity contribution in [3.8, 4) is 5.75 Å². The van der Waals surface area contributed by atoms with Gasteiger partial charge < -0.3 is 10.8 Å². The Hall–Kier alpha value is -1.58. The zero-order valence-electron chi connectivity index (χ0n) is 12.8. The maximum absolute atomic E-state index is 10.6. The van der Waals surface area contributed by atoms with Crippen molar-refractivity contribution in [3.05, 3.63) is 42.0 Å². The number of nitrogens with zero attached hydrogens (tertiary/aromatic N) is 1. The molecule has 0 amide bonds. The fourth-order valence-corrected chi connectivity index (χ4v) is 3.28. The molecule has 0 aliphatic carbocycles. The molecule has 2 aromatic rings. The normalized spacial score (nSPS) is 25.1. The standard InChI is InChI=1S/C18H24N2O/c1-12-9-10-20(11-17(12)19)13(2)15-8-7-14-5-3-4-6-16(14)18(15)21/h3-8,12-13,17,21H,9-11,19H2,1-2H3. The van der Waals surface area contributed by atoms with Crippen LogP contribution in [0.15, 0.2) is 36.4 Å². The summed E-state index contributed by atoms with van der Waals surface area (Å²) in [6.45, 7) is 6.32. The van der Waals surface area contributed by atoms with E-state index >= 15 is 0 Å². The van der Waals surface area contributed by atoms with Crippen LogP contribution in [0.3, 0.4) is 0 Å². The summed E-state index contributed by atoms with van der Waals surface area (Å²) in [4.78, 5) is 2.38. The Labute approximate surface area is 126 Å². The van der Waals surface area contributed by atoms with Crippen molar-refractivity contribution in [2.75, 3.05) is 13.1 Å². The van der Waals surface area contributed by atoms with Crippen LogP contribution < -0.4 is 5.73 Å². The second-order valence-electron chi connectivity index (χ2n) is 6.33. The molecule has 0 radical (unpaired) electrons. The Bertz CT molecular complexity index is 640. The first kappa shape index (κ1) is 14.4. The van der Waals surface area contributed by atoms with Gasteiger partial charge in [0.2, 0.25) is 0 Å². The third kappa shape index (κ3) is 2.63. The SMILES string of the molecule is CC1CCN(C(C)c2ccc3ccccc3c2O)CC1N. The van der Waals surface area contributed by atoms with Crippen LogP contribution in [0.5, 0.6) is 5.75 Å². The fraction of sp³-hybridized carbons (Fsp3) is 0.444. The molecule has 1 aliphatic heterocycles. The first-order valence-electron chi connectivity index (χ1n) is 7.78. The van der Waals surface area contributed by atoms with Gasteiger partial charge >= 0.3 is 0 Å². The van der Waals surface area contributed by atoms with Crippen LogP contribution in [0.2, 0.25) is 0 Å². The van der Waals surface area contributed by atoms with E-state index in [4.69, 9.17) is 5.73 Å². The van der Waals surface area contributed by atoms with Gasteiger partial charge in [0.05, 0.1) is 0 Å². The number of phenols is 1. The Kier molecular flexibility index (Phi) is 3.87. The molecule has 1 fully saturated rings. The van der Waals surface area contributed by atoms with Crippen molar-refractivity contribution in [2.45, 2.75) is 32.4 Å². The predicted molar refractivity (Wildman–Crippen MR) is 87.4 cm³/mol. The molecule has 21 heavy (non-hydrogen) atoms. The van der Waals surface area contributed by atoms with Crippen molar-refractivity contribution in [3.63, 3.8) is 0 Å². The number of rotatable bonds is 2. The van der Waals surface area contributed by atoms with Crippen molar-refractivity contribution in [1.82, 2.24) is 4.90 Å². The molecule has 3 unspecified atom stereocenters. The van der Waals surface area contributed by atoms with Crippen LogP contribution in [0.25, 0.3) is 10.8 Å². The fourth-order valence-electron chi connectivity index (χ4n) is 3.28. The van der Waals surface area contributed by atoms with E-state index in [1.165, 1.54) is 0 Å². The summed E-state index contributed by atoms with van der Waals surface area (Å²) in [5, 5.41) is 12.6. The summed E-state index contributed by atoms with van der Waals surface area (Å²) in [5.74, 6) is 0.992. The summed E-state index contributed by atoms with van der Waals surface area (Å²) in [7, 11) is 0. The first-order chi connectivity index (χ1) is 10.1. The minimum atomic E-state index is 0.188. The van der Waals surface area contributed by atoms with E-state index in [1.807, 2.05) is 30.3 Å². The van der Waals surface area contributed by atoms with Gasteiger partial charge in [0.15, 0.2) is 0 Å². The molecule has 1 saturated heterocycles. The molecule has 0 aromatic heterocycles. The van der Waals surface area contributed by atoms with Gasteiger partial charge in [-0.15, -0.1) is 0 Å². The minimum absolute atomic E-state index is 0.188. The Morgan fingerprint density at radius 2 is 2.00 bits per heavy atom. The summed E-state index contributed by atoms with van der Waals surface area (Å²) in [6, 6.07) is 12.5. The molecule has 1 heterocycles. The zero-order valence-corrected chi connectivity index (χ0v) is 12.8. The van der Waals surface area contributed by atoms with E-state index in [1.54, 1.807) is 0 Å². The van der Waals surface area contributed by atoms with Crippen LogP contribution in [-0.2, 0) is 0 Å². The van der Waals surface area contributed by atoms with Crippen LogP contribution in [0, 0.1) is 5.92 Å². The molecule has 3 heteroatoms. The summed E-state index contributed by atoms with van der Waals surface area (Å²) < 4.78 is 0. The van der Waals surface area contributed by atoms with Crippen molar-refractivity contribution in [2.24, 2.45) is 11.7 Å². The molecule has 3 atom stereocenters. The van der Waals surface area contributed by atoms with Crippen LogP contribution in [0.4, 0.5) is 0 Å². The molecule has 0 spiro atoms.